The van der Waals surface area contributed by atoms with Crippen LogP contribution in [0.3, 0.4) is 0 Å². The Morgan fingerprint density at radius 2 is 1.93 bits per heavy atom. The molecule has 3 N–H and O–H groups in total. The molecule has 0 radical (unpaired) electrons. The number of hydrogen-bond acceptors (Lipinski definition) is 6. The average Bonchev–Trinajstić information content (AvgIpc) is 3.14. The first-order chi connectivity index (χ1) is 14.7. The Hall–Kier alpha value is -3.75. The molecule has 3 aromatic rings. The third-order valence-corrected chi connectivity index (χ3v) is 4.54. The van der Waals surface area contributed by atoms with E-state index < -0.39 is 0 Å². The molecule has 0 fully saturated rings. The number of aliphatic imine (C=N–C) groups is 1. The van der Waals surface area contributed by atoms with Crippen LogP contribution in [-0.2, 0) is 6.54 Å². The lowest BCUT2D eigenvalue weighted by atomic mass is 10.2. The molecule has 0 aliphatic carbocycles. The van der Waals surface area contributed by atoms with E-state index in [0.29, 0.717) is 37.4 Å². The number of aromatic nitrogens is 3. The van der Waals surface area contributed by atoms with Gasteiger partial charge in [-0.05, 0) is 36.4 Å². The second-order valence-corrected chi connectivity index (χ2v) is 6.60. The zero-order valence-corrected chi connectivity index (χ0v) is 16.9. The second-order valence-electron chi connectivity index (χ2n) is 6.60. The Balaban J connectivity index is 1.37. The number of aromatic amines is 1. The smallest absolute Gasteiger partial charge is 0.195 e. The van der Waals surface area contributed by atoms with Gasteiger partial charge in [0.2, 0.25) is 0 Å². The molecule has 9 nitrogen and oxygen atoms in total. The summed E-state index contributed by atoms with van der Waals surface area (Å²) in [5, 5.41) is 13.7. The highest BCUT2D eigenvalue weighted by Crippen LogP contribution is 2.32. The third-order valence-electron chi connectivity index (χ3n) is 4.54. The van der Waals surface area contributed by atoms with Crippen LogP contribution in [-0.4, -0.2) is 48.5 Å². The van der Waals surface area contributed by atoms with Gasteiger partial charge in [0, 0.05) is 30.8 Å². The zero-order chi connectivity index (χ0) is 20.8. The fourth-order valence-electron chi connectivity index (χ4n) is 2.97. The summed E-state index contributed by atoms with van der Waals surface area (Å²) in [6, 6.07) is 13.3. The van der Waals surface area contributed by atoms with Crippen LogP contribution >= 0.6 is 0 Å². The van der Waals surface area contributed by atoms with Gasteiger partial charge < -0.3 is 24.8 Å². The van der Waals surface area contributed by atoms with Gasteiger partial charge in [-0.15, -0.1) is 0 Å². The van der Waals surface area contributed by atoms with Gasteiger partial charge in [0.05, 0.1) is 26.9 Å². The summed E-state index contributed by atoms with van der Waals surface area (Å²) in [5.41, 5.74) is 1.76. The summed E-state index contributed by atoms with van der Waals surface area (Å²) >= 11 is 0. The van der Waals surface area contributed by atoms with Gasteiger partial charge in [0.25, 0.3) is 0 Å². The molecule has 2 aromatic carbocycles. The summed E-state index contributed by atoms with van der Waals surface area (Å²) < 4.78 is 16.6. The van der Waals surface area contributed by atoms with Crippen molar-refractivity contribution in [3.05, 3.63) is 48.3 Å². The molecule has 1 aromatic heterocycles. The first-order valence-corrected chi connectivity index (χ1v) is 9.68. The van der Waals surface area contributed by atoms with Gasteiger partial charge in [-0.1, -0.05) is 0 Å². The Morgan fingerprint density at radius 3 is 2.70 bits per heavy atom. The number of guanidine groups is 1. The predicted molar refractivity (Wildman–Crippen MR) is 114 cm³/mol. The molecule has 1 aliphatic heterocycles. The lowest BCUT2D eigenvalue weighted by molar-refractivity contribution is 0.297. The number of H-pyrrole nitrogens is 1. The molecule has 4 rings (SSSR count). The quantitative estimate of drug-likeness (QED) is 0.440. The molecule has 0 unspecified atom stereocenters. The summed E-state index contributed by atoms with van der Waals surface area (Å²) in [6.45, 7) is 1.75. The largest absolute Gasteiger partial charge is 0.497 e. The predicted octanol–water partition coefficient (Wildman–Crippen LogP) is 2.83. The van der Waals surface area contributed by atoms with E-state index in [-0.39, 0.29) is 0 Å². The number of hydrogen-bond donors (Lipinski definition) is 3. The maximum Gasteiger partial charge on any atom is 0.195 e. The maximum absolute atomic E-state index is 5.74. The summed E-state index contributed by atoms with van der Waals surface area (Å²) in [6.07, 6.45) is 0.871. The molecule has 30 heavy (non-hydrogen) atoms. The number of nitrogens with one attached hydrogen (secondary N) is 3. The highest BCUT2D eigenvalue weighted by atomic mass is 16.5. The van der Waals surface area contributed by atoms with Gasteiger partial charge in [-0.25, -0.2) is 4.98 Å². The van der Waals surface area contributed by atoms with Crippen LogP contribution < -0.4 is 24.8 Å². The van der Waals surface area contributed by atoms with E-state index in [1.807, 2.05) is 42.5 Å². The first kappa shape index (κ1) is 19.6. The topological polar surface area (TPSA) is 106 Å². The van der Waals surface area contributed by atoms with E-state index in [0.717, 1.165) is 34.9 Å². The normalized spacial score (nSPS) is 13.5. The van der Waals surface area contributed by atoms with Gasteiger partial charge >= 0.3 is 0 Å². The fraction of sp³-hybridized carbons (Fsp3) is 0.286. The molecule has 0 bridgehead atoms. The number of nitrogens with zero attached hydrogens (tertiary/aromatic N) is 3. The van der Waals surface area contributed by atoms with Crippen molar-refractivity contribution < 1.29 is 14.2 Å². The maximum atomic E-state index is 5.74. The molecular formula is C21H24N6O3. The number of fused-ring (bicyclic) bond motifs is 1. The Morgan fingerprint density at radius 1 is 1.13 bits per heavy atom. The summed E-state index contributed by atoms with van der Waals surface area (Å²) in [5.74, 6) is 4.21. The van der Waals surface area contributed by atoms with Crippen molar-refractivity contribution >= 4 is 11.6 Å². The summed E-state index contributed by atoms with van der Waals surface area (Å²) in [4.78, 5) is 8.79. The minimum Gasteiger partial charge on any atom is -0.497 e. The van der Waals surface area contributed by atoms with Crippen LogP contribution in [0.5, 0.6) is 17.2 Å². The number of benzene rings is 2. The van der Waals surface area contributed by atoms with Crippen LogP contribution in [0.25, 0.3) is 11.4 Å². The molecule has 0 atom stereocenters. The number of ether oxygens (including phenoxy) is 3. The minimum atomic E-state index is 0.438. The second kappa shape index (κ2) is 9.17. The number of methoxy groups -OCH3 is 1. The Kier molecular flexibility index (Phi) is 5.98. The molecule has 0 amide bonds. The number of rotatable bonds is 5. The van der Waals surface area contributed by atoms with Crippen molar-refractivity contribution in [2.75, 3.05) is 32.7 Å². The van der Waals surface area contributed by atoms with Crippen molar-refractivity contribution in [3.63, 3.8) is 0 Å². The third kappa shape index (κ3) is 4.62. The minimum absolute atomic E-state index is 0.438. The van der Waals surface area contributed by atoms with Crippen molar-refractivity contribution in [3.8, 4) is 28.6 Å². The SMILES string of the molecule is CN=C(NCc1nc(-c2ccc(OC)cc2)n[nH]1)Nc1ccc2c(c1)OCCCO2. The monoisotopic (exact) mass is 408 g/mol. The van der Waals surface area contributed by atoms with E-state index in [9.17, 15) is 0 Å². The molecular weight excluding hydrogens is 384 g/mol. The van der Waals surface area contributed by atoms with Crippen molar-refractivity contribution in [1.82, 2.24) is 20.5 Å². The molecule has 0 spiro atoms. The molecule has 156 valence electrons. The highest BCUT2D eigenvalue weighted by molar-refractivity contribution is 5.93. The molecule has 9 heteroatoms. The van der Waals surface area contributed by atoms with Gasteiger partial charge in [-0.2, -0.15) is 5.10 Å². The Labute approximate surface area is 174 Å². The van der Waals surface area contributed by atoms with Crippen LogP contribution in [0, 0.1) is 0 Å². The molecule has 0 saturated carbocycles. The molecule has 2 heterocycles. The lowest BCUT2D eigenvalue weighted by Crippen LogP contribution is -2.30. The summed E-state index contributed by atoms with van der Waals surface area (Å²) in [7, 11) is 3.35. The first-order valence-electron chi connectivity index (χ1n) is 9.68. The zero-order valence-electron chi connectivity index (χ0n) is 16.9. The van der Waals surface area contributed by atoms with E-state index in [1.165, 1.54) is 0 Å². The van der Waals surface area contributed by atoms with Crippen LogP contribution in [0.15, 0.2) is 47.5 Å². The molecule has 0 saturated heterocycles. The fourth-order valence-corrected chi connectivity index (χ4v) is 2.97. The number of anilines is 1. The Bertz CT molecular complexity index is 1020. The van der Waals surface area contributed by atoms with Crippen molar-refractivity contribution in [2.45, 2.75) is 13.0 Å². The van der Waals surface area contributed by atoms with E-state index in [2.05, 4.69) is 30.8 Å². The average molecular weight is 408 g/mol. The van der Waals surface area contributed by atoms with Crippen LogP contribution in [0.2, 0.25) is 0 Å². The van der Waals surface area contributed by atoms with Gasteiger partial charge in [0.1, 0.15) is 11.6 Å². The van der Waals surface area contributed by atoms with Crippen molar-refractivity contribution in [2.24, 2.45) is 4.99 Å². The van der Waals surface area contributed by atoms with E-state index in [4.69, 9.17) is 14.2 Å². The van der Waals surface area contributed by atoms with Crippen molar-refractivity contribution in [1.29, 1.82) is 0 Å². The van der Waals surface area contributed by atoms with Gasteiger partial charge in [0.15, 0.2) is 23.3 Å². The molecule has 1 aliphatic rings. The van der Waals surface area contributed by atoms with E-state index >= 15 is 0 Å². The highest BCUT2D eigenvalue weighted by Gasteiger charge is 2.12. The lowest BCUT2D eigenvalue weighted by Gasteiger charge is -2.13. The van der Waals surface area contributed by atoms with Gasteiger partial charge in [-0.3, -0.25) is 10.1 Å². The van der Waals surface area contributed by atoms with Crippen LogP contribution in [0.1, 0.15) is 12.2 Å². The standard InChI is InChI=1S/C21H24N6O3/c1-22-21(24-15-6-9-17-18(12-15)30-11-3-10-29-17)23-13-19-25-20(27-26-19)14-4-7-16(28-2)8-5-14/h4-9,12H,3,10-11,13H2,1-2H3,(H2,22,23,24)(H,25,26,27). The van der Waals surface area contributed by atoms with E-state index in [1.54, 1.807) is 14.2 Å². The van der Waals surface area contributed by atoms with Crippen LogP contribution in [0.4, 0.5) is 5.69 Å².